The second-order valence-corrected chi connectivity index (χ2v) is 7.25. The third-order valence-corrected chi connectivity index (χ3v) is 4.92. The van der Waals surface area contributed by atoms with E-state index in [0.29, 0.717) is 25.9 Å². The topological polar surface area (TPSA) is 64.6 Å². The summed E-state index contributed by atoms with van der Waals surface area (Å²) in [6.07, 6.45) is 1.28. The van der Waals surface area contributed by atoms with Crippen LogP contribution in [-0.2, 0) is 33.8 Å². The van der Waals surface area contributed by atoms with Gasteiger partial charge in [0.25, 0.3) is 0 Å². The number of benzene rings is 3. The normalized spacial score (nSPS) is 11.4. The number of methoxy groups -OCH3 is 1. The van der Waals surface area contributed by atoms with Gasteiger partial charge >= 0.3 is 5.97 Å². The lowest BCUT2D eigenvalue weighted by Gasteiger charge is -2.17. The Kier molecular flexibility index (Phi) is 8.23. The number of esters is 1. The van der Waals surface area contributed by atoms with E-state index in [0.717, 1.165) is 22.4 Å². The number of carbonyl (C=O) groups excluding carboxylic acids is 2. The van der Waals surface area contributed by atoms with E-state index in [1.54, 1.807) is 0 Å². The molecule has 5 heteroatoms. The average Bonchev–Trinajstić information content (AvgIpc) is 2.82. The molecule has 0 radical (unpaired) electrons. The summed E-state index contributed by atoms with van der Waals surface area (Å²) in [5, 5.41) is 2.80. The van der Waals surface area contributed by atoms with E-state index in [-0.39, 0.29) is 5.91 Å². The highest BCUT2D eigenvalue weighted by atomic mass is 16.5. The Balaban J connectivity index is 1.53. The Labute approximate surface area is 183 Å². The van der Waals surface area contributed by atoms with Crippen molar-refractivity contribution in [2.45, 2.75) is 31.9 Å². The molecule has 0 bridgehead atoms. The minimum absolute atomic E-state index is 0.179. The SMILES string of the molecule is COC(=O)[C@@H](Cc1ccc(OCc2ccccc2)cc1)NC(=O)CCc1ccccc1. The number of aryl methyl sites for hydroxylation is 1. The summed E-state index contributed by atoms with van der Waals surface area (Å²) in [5.74, 6) is 0.105. The standard InChI is InChI=1S/C26H27NO4/c1-30-26(29)24(27-25(28)17-14-20-8-4-2-5-9-20)18-21-12-15-23(16-13-21)31-19-22-10-6-3-7-11-22/h2-13,15-16,24H,14,17-19H2,1H3,(H,27,28)/t24-/m1/s1. The van der Waals surface area contributed by atoms with Gasteiger partial charge in [0.2, 0.25) is 5.91 Å². The molecule has 0 heterocycles. The number of hydrogen-bond donors (Lipinski definition) is 1. The van der Waals surface area contributed by atoms with Crippen LogP contribution in [0, 0.1) is 0 Å². The Morgan fingerprint density at radius 1 is 0.806 bits per heavy atom. The fourth-order valence-corrected chi connectivity index (χ4v) is 3.20. The van der Waals surface area contributed by atoms with Gasteiger partial charge in [-0.15, -0.1) is 0 Å². The van der Waals surface area contributed by atoms with Gasteiger partial charge < -0.3 is 14.8 Å². The van der Waals surface area contributed by atoms with Crippen molar-refractivity contribution in [1.82, 2.24) is 5.32 Å². The largest absolute Gasteiger partial charge is 0.489 e. The fraction of sp³-hybridized carbons (Fsp3) is 0.231. The molecule has 3 aromatic carbocycles. The molecule has 0 saturated carbocycles. The number of hydrogen-bond acceptors (Lipinski definition) is 4. The predicted molar refractivity (Wildman–Crippen MR) is 120 cm³/mol. The minimum atomic E-state index is -0.732. The molecule has 1 amide bonds. The van der Waals surface area contributed by atoms with Gasteiger partial charge in [0, 0.05) is 12.8 Å². The summed E-state index contributed by atoms with van der Waals surface area (Å²) in [6, 6.07) is 26.5. The second-order valence-electron chi connectivity index (χ2n) is 7.25. The van der Waals surface area contributed by atoms with Crippen LogP contribution in [0.4, 0.5) is 0 Å². The van der Waals surface area contributed by atoms with E-state index in [1.165, 1.54) is 7.11 Å². The summed E-state index contributed by atoms with van der Waals surface area (Å²) in [4.78, 5) is 24.6. The second kappa shape index (κ2) is 11.6. The first-order valence-electron chi connectivity index (χ1n) is 10.3. The van der Waals surface area contributed by atoms with Crippen LogP contribution in [0.25, 0.3) is 0 Å². The minimum Gasteiger partial charge on any atom is -0.489 e. The Bertz CT molecular complexity index is 956. The van der Waals surface area contributed by atoms with Crippen LogP contribution in [0.5, 0.6) is 5.75 Å². The summed E-state index contributed by atoms with van der Waals surface area (Å²) >= 11 is 0. The van der Waals surface area contributed by atoms with Crippen molar-refractivity contribution in [2.24, 2.45) is 0 Å². The average molecular weight is 418 g/mol. The maximum absolute atomic E-state index is 12.4. The molecule has 0 aliphatic heterocycles. The lowest BCUT2D eigenvalue weighted by molar-refractivity contribution is -0.145. The number of ether oxygens (including phenoxy) is 2. The van der Waals surface area contributed by atoms with E-state index in [4.69, 9.17) is 9.47 Å². The van der Waals surface area contributed by atoms with Crippen molar-refractivity contribution >= 4 is 11.9 Å². The fourth-order valence-electron chi connectivity index (χ4n) is 3.20. The van der Waals surface area contributed by atoms with Gasteiger partial charge in [-0.2, -0.15) is 0 Å². The summed E-state index contributed by atoms with van der Waals surface area (Å²) < 4.78 is 10.7. The van der Waals surface area contributed by atoms with Crippen LogP contribution < -0.4 is 10.1 Å². The van der Waals surface area contributed by atoms with Crippen molar-refractivity contribution in [1.29, 1.82) is 0 Å². The number of amides is 1. The molecule has 0 unspecified atom stereocenters. The third-order valence-electron chi connectivity index (χ3n) is 4.92. The van der Waals surface area contributed by atoms with Crippen molar-refractivity contribution in [2.75, 3.05) is 7.11 Å². The van der Waals surface area contributed by atoms with Crippen molar-refractivity contribution in [3.05, 3.63) is 102 Å². The van der Waals surface area contributed by atoms with Gasteiger partial charge in [0.15, 0.2) is 0 Å². The summed E-state index contributed by atoms with van der Waals surface area (Å²) in [6.45, 7) is 0.489. The van der Waals surface area contributed by atoms with Crippen LogP contribution in [0.2, 0.25) is 0 Å². The number of nitrogens with one attached hydrogen (secondary N) is 1. The molecule has 3 aromatic rings. The Hall–Kier alpha value is -3.60. The number of carbonyl (C=O) groups is 2. The first-order valence-corrected chi connectivity index (χ1v) is 10.3. The van der Waals surface area contributed by atoms with Crippen LogP contribution in [0.1, 0.15) is 23.1 Å². The molecule has 160 valence electrons. The molecule has 1 atom stereocenters. The summed E-state index contributed by atoms with van der Waals surface area (Å²) in [5.41, 5.74) is 3.08. The maximum atomic E-state index is 12.4. The van der Waals surface area contributed by atoms with Crippen molar-refractivity contribution in [3.63, 3.8) is 0 Å². The van der Waals surface area contributed by atoms with Crippen molar-refractivity contribution in [3.8, 4) is 5.75 Å². The molecule has 0 aliphatic rings. The van der Waals surface area contributed by atoms with Gasteiger partial charge in [-0.25, -0.2) is 4.79 Å². The van der Waals surface area contributed by atoms with Gasteiger partial charge in [0.1, 0.15) is 18.4 Å². The van der Waals surface area contributed by atoms with E-state index >= 15 is 0 Å². The van der Waals surface area contributed by atoms with E-state index in [1.807, 2.05) is 84.9 Å². The Morgan fingerprint density at radius 2 is 1.42 bits per heavy atom. The third kappa shape index (κ3) is 7.30. The molecule has 0 saturated heterocycles. The smallest absolute Gasteiger partial charge is 0.328 e. The highest BCUT2D eigenvalue weighted by molar-refractivity contribution is 5.84. The predicted octanol–water partition coefficient (Wildman–Crippen LogP) is 4.10. The van der Waals surface area contributed by atoms with Crippen LogP contribution in [-0.4, -0.2) is 25.0 Å². The van der Waals surface area contributed by atoms with Gasteiger partial charge in [-0.1, -0.05) is 72.8 Å². The van der Waals surface area contributed by atoms with Gasteiger partial charge in [-0.3, -0.25) is 4.79 Å². The van der Waals surface area contributed by atoms with E-state index in [9.17, 15) is 9.59 Å². The molecule has 5 nitrogen and oxygen atoms in total. The van der Waals surface area contributed by atoms with E-state index in [2.05, 4.69) is 5.32 Å². The summed E-state index contributed by atoms with van der Waals surface area (Å²) in [7, 11) is 1.33. The lowest BCUT2D eigenvalue weighted by atomic mass is 10.0. The van der Waals surface area contributed by atoms with Gasteiger partial charge in [-0.05, 0) is 35.2 Å². The Morgan fingerprint density at radius 3 is 2.03 bits per heavy atom. The zero-order valence-electron chi connectivity index (χ0n) is 17.6. The van der Waals surface area contributed by atoms with E-state index < -0.39 is 12.0 Å². The highest BCUT2D eigenvalue weighted by Gasteiger charge is 2.22. The van der Waals surface area contributed by atoms with Crippen LogP contribution >= 0.6 is 0 Å². The monoisotopic (exact) mass is 417 g/mol. The first kappa shape index (κ1) is 22.1. The molecule has 0 aromatic heterocycles. The maximum Gasteiger partial charge on any atom is 0.328 e. The van der Waals surface area contributed by atoms with Crippen LogP contribution in [0.15, 0.2) is 84.9 Å². The molecule has 0 fully saturated rings. The lowest BCUT2D eigenvalue weighted by Crippen LogP contribution is -2.43. The molecule has 31 heavy (non-hydrogen) atoms. The first-order chi connectivity index (χ1) is 15.1. The zero-order valence-corrected chi connectivity index (χ0v) is 17.6. The molecular formula is C26H27NO4. The quantitative estimate of drug-likeness (QED) is 0.505. The van der Waals surface area contributed by atoms with Crippen LogP contribution in [0.3, 0.4) is 0 Å². The molecular weight excluding hydrogens is 390 g/mol. The van der Waals surface area contributed by atoms with Gasteiger partial charge in [0.05, 0.1) is 7.11 Å². The molecule has 0 spiro atoms. The molecule has 1 N–H and O–H groups in total. The number of rotatable bonds is 10. The van der Waals surface area contributed by atoms with Crippen molar-refractivity contribution < 1.29 is 19.1 Å². The molecule has 0 aliphatic carbocycles. The highest BCUT2D eigenvalue weighted by Crippen LogP contribution is 2.16. The molecule has 3 rings (SSSR count). The zero-order chi connectivity index (χ0) is 21.9.